The van der Waals surface area contributed by atoms with Crippen LogP contribution >= 0.6 is 0 Å². The lowest BCUT2D eigenvalue weighted by Gasteiger charge is -2.38. The van der Waals surface area contributed by atoms with Gasteiger partial charge in [0.1, 0.15) is 11.0 Å². The monoisotopic (exact) mass is 404 g/mol. The fraction of sp³-hybridized carbons (Fsp3) is 0.700. The van der Waals surface area contributed by atoms with Crippen molar-refractivity contribution in [2.75, 3.05) is 11.4 Å². The van der Waals surface area contributed by atoms with Crippen molar-refractivity contribution in [3.05, 3.63) is 16.6 Å². The second-order valence-electron chi connectivity index (χ2n) is 9.76. The first-order valence-electron chi connectivity index (χ1n) is 10.1. The molecular formula is C20H32N6O3. The predicted octanol–water partition coefficient (Wildman–Crippen LogP) is 2.76. The minimum atomic E-state index is -0.523. The van der Waals surface area contributed by atoms with E-state index in [1.807, 2.05) is 41.5 Å². The van der Waals surface area contributed by atoms with E-state index < -0.39 is 11.7 Å². The van der Waals surface area contributed by atoms with E-state index in [4.69, 9.17) is 9.72 Å². The van der Waals surface area contributed by atoms with E-state index in [-0.39, 0.29) is 23.2 Å². The van der Waals surface area contributed by atoms with Crippen molar-refractivity contribution in [1.29, 1.82) is 0 Å². The molecule has 2 N–H and O–H groups in total. The highest BCUT2D eigenvalue weighted by Crippen LogP contribution is 2.24. The summed E-state index contributed by atoms with van der Waals surface area (Å²) in [5, 5.41) is 7.79. The molecule has 2 atom stereocenters. The molecule has 1 aliphatic heterocycles. The van der Waals surface area contributed by atoms with Crippen LogP contribution in [0.3, 0.4) is 0 Å². The van der Waals surface area contributed by atoms with Crippen molar-refractivity contribution < 1.29 is 9.53 Å². The number of hydrogen-bond acceptors (Lipinski definition) is 6. The number of amides is 1. The molecule has 1 fully saturated rings. The molecule has 29 heavy (non-hydrogen) atoms. The Bertz CT molecular complexity index is 950. The third kappa shape index (κ3) is 4.71. The Labute approximate surface area is 170 Å². The lowest BCUT2D eigenvalue weighted by Crippen LogP contribution is -2.50. The maximum atomic E-state index is 12.6. The van der Waals surface area contributed by atoms with E-state index in [9.17, 15) is 9.59 Å². The highest BCUT2D eigenvalue weighted by atomic mass is 16.6. The van der Waals surface area contributed by atoms with E-state index in [1.165, 1.54) is 0 Å². The first-order valence-corrected chi connectivity index (χ1v) is 10.1. The third-order valence-electron chi connectivity index (χ3n) is 4.93. The maximum Gasteiger partial charge on any atom is 0.407 e. The van der Waals surface area contributed by atoms with Crippen LogP contribution in [-0.4, -0.2) is 50.1 Å². The van der Waals surface area contributed by atoms with E-state index in [0.29, 0.717) is 23.5 Å². The molecule has 0 spiro atoms. The molecule has 0 saturated carbocycles. The molecule has 1 aliphatic rings. The lowest BCUT2D eigenvalue weighted by atomic mass is 9.99. The smallest absolute Gasteiger partial charge is 0.407 e. The number of hydrogen-bond donors (Lipinski definition) is 2. The maximum absolute atomic E-state index is 12.6. The van der Waals surface area contributed by atoms with Gasteiger partial charge in [0.2, 0.25) is 5.95 Å². The van der Waals surface area contributed by atoms with E-state index >= 15 is 0 Å². The van der Waals surface area contributed by atoms with Crippen molar-refractivity contribution in [2.24, 2.45) is 0 Å². The summed E-state index contributed by atoms with van der Waals surface area (Å²) >= 11 is 0. The van der Waals surface area contributed by atoms with Crippen LogP contribution in [0.1, 0.15) is 61.3 Å². The predicted molar refractivity (Wildman–Crippen MR) is 112 cm³/mol. The molecule has 1 amide bonds. The van der Waals surface area contributed by atoms with Crippen LogP contribution < -0.4 is 15.8 Å². The summed E-state index contributed by atoms with van der Waals surface area (Å²) in [6, 6.07) is 0.113. The number of nitrogens with one attached hydrogen (secondary N) is 2. The van der Waals surface area contributed by atoms with Gasteiger partial charge in [-0.25, -0.2) is 9.48 Å². The van der Waals surface area contributed by atoms with Gasteiger partial charge in [-0.3, -0.25) is 9.78 Å². The fourth-order valence-electron chi connectivity index (χ4n) is 3.63. The summed E-state index contributed by atoms with van der Waals surface area (Å²) in [7, 11) is 0. The van der Waals surface area contributed by atoms with Gasteiger partial charge in [-0.05, 0) is 61.3 Å². The number of carbonyl (C=O) groups is 1. The number of aromatic amines is 1. The normalized spacial score (nSPS) is 20.7. The molecule has 0 aromatic carbocycles. The van der Waals surface area contributed by atoms with Crippen LogP contribution in [0.4, 0.5) is 10.7 Å². The molecule has 2 aromatic heterocycles. The number of rotatable bonds is 2. The largest absolute Gasteiger partial charge is 0.444 e. The van der Waals surface area contributed by atoms with Crippen molar-refractivity contribution in [1.82, 2.24) is 25.1 Å². The standard InChI is InChI=1S/C20H32N6O3/c1-12-10-13(22-18(28)29-20(5,6)7)8-9-25(12)17-23-15-14(16(27)24-17)11-21-26(15)19(2,3)4/h11-13H,8-10H2,1-7H3,(H,22,28)(H,23,24,27). The van der Waals surface area contributed by atoms with Gasteiger partial charge in [-0.15, -0.1) is 0 Å². The van der Waals surface area contributed by atoms with Gasteiger partial charge in [-0.2, -0.15) is 10.1 Å². The van der Waals surface area contributed by atoms with Crippen LogP contribution in [0.25, 0.3) is 11.0 Å². The minimum absolute atomic E-state index is 0.0201. The number of alkyl carbamates (subject to hydrolysis) is 1. The summed E-state index contributed by atoms with van der Waals surface area (Å²) in [4.78, 5) is 34.3. The van der Waals surface area contributed by atoms with Gasteiger partial charge >= 0.3 is 6.09 Å². The summed E-state index contributed by atoms with van der Waals surface area (Å²) in [5.41, 5.74) is -0.416. The quantitative estimate of drug-likeness (QED) is 0.797. The second kappa shape index (κ2) is 7.35. The molecule has 1 saturated heterocycles. The van der Waals surface area contributed by atoms with E-state index in [0.717, 1.165) is 12.8 Å². The lowest BCUT2D eigenvalue weighted by molar-refractivity contribution is 0.0494. The molecule has 9 nitrogen and oxygen atoms in total. The zero-order valence-corrected chi connectivity index (χ0v) is 18.4. The van der Waals surface area contributed by atoms with Crippen LogP contribution in [0.2, 0.25) is 0 Å². The molecule has 3 rings (SSSR count). The Balaban J connectivity index is 1.78. The Kier molecular flexibility index (Phi) is 5.36. The van der Waals surface area contributed by atoms with Crippen LogP contribution in [0, 0.1) is 0 Å². The molecule has 0 bridgehead atoms. The highest BCUT2D eigenvalue weighted by molar-refractivity contribution is 5.75. The molecule has 160 valence electrons. The van der Waals surface area contributed by atoms with Gasteiger partial charge in [0.15, 0.2) is 5.65 Å². The number of nitrogens with zero attached hydrogens (tertiary/aromatic N) is 4. The molecular weight excluding hydrogens is 372 g/mol. The highest BCUT2D eigenvalue weighted by Gasteiger charge is 2.30. The Hall–Kier alpha value is -2.58. The van der Waals surface area contributed by atoms with Crippen molar-refractivity contribution in [3.8, 4) is 0 Å². The molecule has 0 radical (unpaired) electrons. The molecule has 9 heteroatoms. The van der Waals surface area contributed by atoms with Gasteiger partial charge in [0.05, 0.1) is 11.7 Å². The number of H-pyrrole nitrogens is 1. The molecule has 2 unspecified atom stereocenters. The van der Waals surface area contributed by atoms with Crippen molar-refractivity contribution in [3.63, 3.8) is 0 Å². The number of carbonyl (C=O) groups excluding carboxylic acids is 1. The Morgan fingerprint density at radius 1 is 1.28 bits per heavy atom. The fourth-order valence-corrected chi connectivity index (χ4v) is 3.63. The van der Waals surface area contributed by atoms with E-state index in [1.54, 1.807) is 10.9 Å². The van der Waals surface area contributed by atoms with Gasteiger partial charge in [-0.1, -0.05) is 0 Å². The van der Waals surface area contributed by atoms with E-state index in [2.05, 4.69) is 27.2 Å². The summed E-state index contributed by atoms with van der Waals surface area (Å²) in [6.45, 7) is 14.3. The average molecular weight is 405 g/mol. The van der Waals surface area contributed by atoms with Gasteiger partial charge in [0.25, 0.3) is 5.56 Å². The number of anilines is 1. The summed E-state index contributed by atoms with van der Waals surface area (Å²) in [6.07, 6.45) is 2.64. The topological polar surface area (TPSA) is 105 Å². The summed E-state index contributed by atoms with van der Waals surface area (Å²) in [5.74, 6) is 0.539. The van der Waals surface area contributed by atoms with Crippen LogP contribution in [-0.2, 0) is 10.3 Å². The van der Waals surface area contributed by atoms with Crippen molar-refractivity contribution in [2.45, 2.75) is 84.5 Å². The number of aromatic nitrogens is 4. The number of ether oxygens (including phenoxy) is 1. The second-order valence-corrected chi connectivity index (χ2v) is 9.76. The summed E-state index contributed by atoms with van der Waals surface area (Å²) < 4.78 is 7.13. The third-order valence-corrected chi connectivity index (χ3v) is 4.93. The van der Waals surface area contributed by atoms with Gasteiger partial charge in [0, 0.05) is 18.6 Å². The van der Waals surface area contributed by atoms with Crippen molar-refractivity contribution >= 4 is 23.1 Å². The first kappa shape index (κ1) is 21.1. The first-order chi connectivity index (χ1) is 13.3. The minimum Gasteiger partial charge on any atom is -0.444 e. The average Bonchev–Trinajstić information content (AvgIpc) is 2.97. The number of piperidine rings is 1. The molecule has 3 heterocycles. The van der Waals surface area contributed by atoms with Gasteiger partial charge < -0.3 is 15.0 Å². The van der Waals surface area contributed by atoms with Crippen LogP contribution in [0.5, 0.6) is 0 Å². The molecule has 2 aromatic rings. The SMILES string of the molecule is CC1CC(NC(=O)OC(C)(C)C)CCN1c1nc2c(cnn2C(C)(C)C)c(=O)[nH]1. The zero-order valence-electron chi connectivity index (χ0n) is 18.4. The Morgan fingerprint density at radius 3 is 2.55 bits per heavy atom. The molecule has 0 aliphatic carbocycles. The number of fused-ring (bicyclic) bond motifs is 1. The van der Waals surface area contributed by atoms with Crippen LogP contribution in [0.15, 0.2) is 11.0 Å². The Morgan fingerprint density at radius 2 is 1.97 bits per heavy atom. The zero-order chi connectivity index (χ0) is 21.6.